The molecule has 1 heterocycles. The van der Waals surface area contributed by atoms with E-state index in [4.69, 9.17) is 9.47 Å². The van der Waals surface area contributed by atoms with Crippen molar-refractivity contribution in [1.29, 1.82) is 0 Å². The monoisotopic (exact) mass is 321 g/mol. The van der Waals surface area contributed by atoms with Crippen LogP contribution in [0.4, 0.5) is 4.79 Å². The van der Waals surface area contributed by atoms with Crippen LogP contribution in [0.2, 0.25) is 0 Å². The predicted octanol–water partition coefficient (Wildman–Crippen LogP) is 2.18. The van der Waals surface area contributed by atoms with E-state index < -0.39 is 11.0 Å². The molecule has 1 rings (SSSR count). The molecule has 0 unspecified atom stereocenters. The minimum atomic E-state index is -0.618. The summed E-state index contributed by atoms with van der Waals surface area (Å²) in [4.78, 5) is 25.1. The van der Waals surface area contributed by atoms with Gasteiger partial charge in [0.1, 0.15) is 11.0 Å². The molecule has 0 atom stereocenters. The van der Waals surface area contributed by atoms with Crippen LogP contribution in [-0.4, -0.2) is 47.6 Å². The van der Waals surface area contributed by atoms with E-state index in [0.717, 1.165) is 0 Å². The molecule has 0 N–H and O–H groups in total. The average molecular weight is 322 g/mol. The van der Waals surface area contributed by atoms with Gasteiger partial charge in [0.2, 0.25) is 0 Å². The number of rotatable bonds is 3. The largest absolute Gasteiger partial charge is 0.465 e. The summed E-state index contributed by atoms with van der Waals surface area (Å²) in [5.41, 5.74) is -1.14. The molecule has 0 aliphatic carbocycles. The number of carbonyl (C=O) groups is 2. The molecule has 0 spiro atoms. The highest BCUT2D eigenvalue weighted by Crippen LogP contribution is 2.34. The number of amides is 1. The molecule has 0 aromatic rings. The van der Waals surface area contributed by atoms with Crippen molar-refractivity contribution in [3.05, 3.63) is 0 Å². The van der Waals surface area contributed by atoms with Gasteiger partial charge in [0, 0.05) is 18.4 Å². The SMILES string of the molecule is CCOC(=O)C1(CBr)CN(C(=O)OC(C)(C)C)C1. The summed E-state index contributed by atoms with van der Waals surface area (Å²) in [5, 5.41) is 0.484. The van der Waals surface area contributed by atoms with Crippen LogP contribution >= 0.6 is 15.9 Å². The van der Waals surface area contributed by atoms with E-state index in [1.54, 1.807) is 6.92 Å². The second-order valence-electron chi connectivity index (χ2n) is 5.47. The third-order valence-electron chi connectivity index (χ3n) is 2.60. The lowest BCUT2D eigenvalue weighted by molar-refractivity contribution is -0.163. The number of nitrogens with zero attached hydrogens (tertiary/aromatic N) is 1. The Labute approximate surface area is 116 Å². The molecular formula is C12H20BrNO4. The molecule has 18 heavy (non-hydrogen) atoms. The van der Waals surface area contributed by atoms with Crippen molar-refractivity contribution in [3.8, 4) is 0 Å². The summed E-state index contributed by atoms with van der Waals surface area (Å²) in [5.74, 6) is -0.262. The van der Waals surface area contributed by atoms with Gasteiger partial charge in [-0.2, -0.15) is 0 Å². The molecule has 1 fully saturated rings. The second-order valence-corrected chi connectivity index (χ2v) is 6.03. The maximum absolute atomic E-state index is 11.8. The summed E-state index contributed by atoms with van der Waals surface area (Å²) in [7, 11) is 0. The van der Waals surface area contributed by atoms with Gasteiger partial charge in [0.25, 0.3) is 0 Å². The number of hydrogen-bond donors (Lipinski definition) is 0. The summed E-state index contributed by atoms with van der Waals surface area (Å²) in [6.07, 6.45) is -0.386. The van der Waals surface area contributed by atoms with Gasteiger partial charge in [-0.05, 0) is 27.7 Å². The zero-order chi connectivity index (χ0) is 14.0. The Bertz CT molecular complexity index is 331. The molecule has 5 nitrogen and oxygen atoms in total. The molecule has 0 aromatic heterocycles. The van der Waals surface area contributed by atoms with Crippen LogP contribution in [0.3, 0.4) is 0 Å². The maximum atomic E-state index is 11.8. The zero-order valence-electron chi connectivity index (χ0n) is 11.3. The van der Waals surface area contributed by atoms with Crippen LogP contribution < -0.4 is 0 Å². The molecule has 0 bridgehead atoms. The third-order valence-corrected chi connectivity index (χ3v) is 3.68. The maximum Gasteiger partial charge on any atom is 0.410 e. The van der Waals surface area contributed by atoms with Gasteiger partial charge in [0.05, 0.1) is 6.61 Å². The molecule has 1 amide bonds. The van der Waals surface area contributed by atoms with E-state index in [9.17, 15) is 9.59 Å². The summed E-state index contributed by atoms with van der Waals surface area (Å²) in [6.45, 7) is 8.23. The van der Waals surface area contributed by atoms with Crippen LogP contribution in [0.15, 0.2) is 0 Å². The minimum Gasteiger partial charge on any atom is -0.465 e. The Kier molecular flexibility index (Phi) is 4.64. The van der Waals surface area contributed by atoms with Gasteiger partial charge < -0.3 is 14.4 Å². The molecule has 104 valence electrons. The van der Waals surface area contributed by atoms with Crippen LogP contribution in [0, 0.1) is 5.41 Å². The lowest BCUT2D eigenvalue weighted by Crippen LogP contribution is -2.64. The van der Waals surface area contributed by atoms with Gasteiger partial charge in [-0.1, -0.05) is 15.9 Å². The highest BCUT2D eigenvalue weighted by molar-refractivity contribution is 9.09. The van der Waals surface area contributed by atoms with Crippen molar-refractivity contribution < 1.29 is 19.1 Å². The number of halogens is 1. The smallest absolute Gasteiger partial charge is 0.410 e. The van der Waals surface area contributed by atoms with Crippen LogP contribution in [0.5, 0.6) is 0 Å². The van der Waals surface area contributed by atoms with Gasteiger partial charge in [-0.3, -0.25) is 4.79 Å². The number of esters is 1. The fourth-order valence-electron chi connectivity index (χ4n) is 1.69. The number of alkyl halides is 1. The molecule has 1 aliphatic heterocycles. The second kappa shape index (κ2) is 5.47. The molecule has 6 heteroatoms. The molecule has 0 saturated carbocycles. The first-order valence-electron chi connectivity index (χ1n) is 5.95. The Morgan fingerprint density at radius 2 is 1.89 bits per heavy atom. The quantitative estimate of drug-likeness (QED) is 0.590. The van der Waals surface area contributed by atoms with Crippen molar-refractivity contribution in [2.75, 3.05) is 25.0 Å². The van der Waals surface area contributed by atoms with E-state index in [0.29, 0.717) is 25.0 Å². The molecule has 1 saturated heterocycles. The van der Waals surface area contributed by atoms with Gasteiger partial charge in [-0.15, -0.1) is 0 Å². The highest BCUT2D eigenvalue weighted by atomic mass is 79.9. The molecule has 0 radical (unpaired) electrons. The van der Waals surface area contributed by atoms with Crippen molar-refractivity contribution in [2.45, 2.75) is 33.3 Å². The fraction of sp³-hybridized carbons (Fsp3) is 0.833. The fourth-order valence-corrected chi connectivity index (χ4v) is 2.28. The Morgan fingerprint density at radius 1 is 1.33 bits per heavy atom. The molecular weight excluding hydrogens is 302 g/mol. The Hall–Kier alpha value is -0.780. The Balaban J connectivity index is 2.55. The van der Waals surface area contributed by atoms with E-state index in [-0.39, 0.29) is 12.1 Å². The van der Waals surface area contributed by atoms with Gasteiger partial charge in [-0.25, -0.2) is 4.79 Å². The summed E-state index contributed by atoms with van der Waals surface area (Å²) in [6, 6.07) is 0. The topological polar surface area (TPSA) is 55.8 Å². The van der Waals surface area contributed by atoms with Crippen molar-refractivity contribution in [1.82, 2.24) is 4.90 Å². The first-order valence-corrected chi connectivity index (χ1v) is 7.07. The molecule has 1 aliphatic rings. The summed E-state index contributed by atoms with van der Waals surface area (Å²) < 4.78 is 10.3. The van der Waals surface area contributed by atoms with E-state index >= 15 is 0 Å². The number of hydrogen-bond acceptors (Lipinski definition) is 4. The molecule has 0 aromatic carbocycles. The van der Waals surface area contributed by atoms with Crippen molar-refractivity contribution >= 4 is 28.0 Å². The lowest BCUT2D eigenvalue weighted by atomic mass is 9.82. The van der Waals surface area contributed by atoms with Gasteiger partial charge >= 0.3 is 12.1 Å². The zero-order valence-corrected chi connectivity index (χ0v) is 12.9. The van der Waals surface area contributed by atoms with E-state index in [1.807, 2.05) is 20.8 Å². The lowest BCUT2D eigenvalue weighted by Gasteiger charge is -2.46. The highest BCUT2D eigenvalue weighted by Gasteiger charge is 2.52. The van der Waals surface area contributed by atoms with Crippen LogP contribution in [-0.2, 0) is 14.3 Å². The number of carbonyl (C=O) groups excluding carboxylic acids is 2. The van der Waals surface area contributed by atoms with Crippen LogP contribution in [0.25, 0.3) is 0 Å². The summed E-state index contributed by atoms with van der Waals surface area (Å²) >= 11 is 3.31. The first kappa shape index (κ1) is 15.3. The predicted molar refractivity (Wildman–Crippen MR) is 70.7 cm³/mol. The minimum absolute atomic E-state index is 0.262. The third kappa shape index (κ3) is 3.37. The van der Waals surface area contributed by atoms with Gasteiger partial charge in [0.15, 0.2) is 0 Å². The Morgan fingerprint density at radius 3 is 2.28 bits per heavy atom. The normalized spacial score (nSPS) is 17.9. The first-order chi connectivity index (χ1) is 8.24. The van der Waals surface area contributed by atoms with Crippen molar-refractivity contribution in [3.63, 3.8) is 0 Å². The van der Waals surface area contributed by atoms with E-state index in [1.165, 1.54) is 4.90 Å². The van der Waals surface area contributed by atoms with Crippen LogP contribution in [0.1, 0.15) is 27.7 Å². The number of ether oxygens (including phenoxy) is 2. The standard InChI is InChI=1S/C12H20BrNO4/c1-5-17-9(15)12(6-13)7-14(8-12)10(16)18-11(2,3)4/h5-8H2,1-4H3. The average Bonchev–Trinajstić information content (AvgIpc) is 2.14. The van der Waals surface area contributed by atoms with E-state index in [2.05, 4.69) is 15.9 Å². The van der Waals surface area contributed by atoms with Crippen molar-refractivity contribution in [2.24, 2.45) is 5.41 Å². The number of likely N-dealkylation sites (tertiary alicyclic amines) is 1.